The molecule has 0 spiro atoms. The molecule has 2 rings (SSSR count). The zero-order valence-electron chi connectivity index (χ0n) is 16.1. The summed E-state index contributed by atoms with van der Waals surface area (Å²) in [5.74, 6) is 0.0177. The number of aliphatic hydroxyl groups is 1. The number of nitrogen functional groups attached to an aromatic ring is 1. The van der Waals surface area contributed by atoms with Gasteiger partial charge in [0.25, 0.3) is 0 Å². The smallest absolute Gasteiger partial charge is 0.851 e. The Morgan fingerprint density at radius 2 is 1.65 bits per heavy atom. The minimum absolute atomic E-state index is 0. The van der Waals surface area contributed by atoms with Crippen LogP contribution in [0.1, 0.15) is 59.6 Å². The molecule has 148 valence electrons. The van der Waals surface area contributed by atoms with Crippen LogP contribution in [0.15, 0.2) is 17.1 Å². The number of ether oxygens (including phenoxy) is 1. The Morgan fingerprint density at radius 1 is 1.15 bits per heavy atom. The topological polar surface area (TPSA) is 136 Å². The maximum Gasteiger partial charge on any atom is 2.00 e. The Labute approximate surface area is 172 Å². The first-order valence-corrected chi connectivity index (χ1v) is 8.80. The second-order valence-corrected chi connectivity index (χ2v) is 5.72. The average molecular weight is 476 g/mol. The number of aliphatic hydroxyl groups excluding tert-OH is 1. The summed E-state index contributed by atoms with van der Waals surface area (Å²) >= 11 is 0. The van der Waals surface area contributed by atoms with Crippen LogP contribution in [0, 0.1) is 0 Å². The van der Waals surface area contributed by atoms with E-state index in [9.17, 15) is 15.0 Å². The Hall–Kier alpha value is -0.681. The molecule has 26 heavy (non-hydrogen) atoms. The summed E-state index contributed by atoms with van der Waals surface area (Å²) in [7, 11) is 0. The molecule has 0 aromatic carbocycles. The van der Waals surface area contributed by atoms with Gasteiger partial charge in [0.1, 0.15) is 12.0 Å². The van der Waals surface area contributed by atoms with E-state index in [1.54, 1.807) is 0 Å². The van der Waals surface area contributed by atoms with Crippen molar-refractivity contribution in [3.8, 4) is 0 Å². The molecule has 0 saturated carbocycles. The fourth-order valence-corrected chi connectivity index (χ4v) is 1.70. The molecule has 2 heterocycles. The molecule has 1 aromatic heterocycles. The third-order valence-corrected chi connectivity index (χ3v) is 3.59. The maximum absolute atomic E-state index is 11.6. The van der Waals surface area contributed by atoms with Crippen LogP contribution in [0.5, 0.6) is 0 Å². The number of rotatable bonds is 4. The monoisotopic (exact) mass is 477 g/mol. The molecule has 1 fully saturated rings. The number of nitrogens with zero attached hydrogens (tertiary/aromatic N) is 2. The molecule has 4 unspecified atom stereocenters. The van der Waals surface area contributed by atoms with Crippen LogP contribution in [0.2, 0.25) is 0 Å². The first-order chi connectivity index (χ1) is 11.9. The second kappa shape index (κ2) is 15.4. The van der Waals surface area contributed by atoms with Gasteiger partial charge in [-0.1, -0.05) is 59.5 Å². The molecule has 0 bridgehead atoms. The van der Waals surface area contributed by atoms with Crippen molar-refractivity contribution >= 4 is 29.7 Å². The van der Waals surface area contributed by atoms with Gasteiger partial charge in [-0.15, -0.1) is 6.10 Å². The van der Waals surface area contributed by atoms with Gasteiger partial charge in [0.05, 0.1) is 12.7 Å². The van der Waals surface area contributed by atoms with E-state index in [0.717, 1.165) is 4.57 Å². The molecule has 0 aliphatic carbocycles. The molecule has 3 N–H and O–H groups in total. The number of aromatic nitrogens is 2. The summed E-state index contributed by atoms with van der Waals surface area (Å²) in [5.41, 5.74) is 4.53. The van der Waals surface area contributed by atoms with Crippen molar-refractivity contribution in [2.24, 2.45) is 0 Å². The quantitative estimate of drug-likeness (QED) is 0.555. The van der Waals surface area contributed by atoms with Crippen molar-refractivity contribution < 1.29 is 20.1 Å². The number of hydrogen-bond donors (Lipinski definition) is 2. The standard InChI is InChI=1S/C9H11N3O5.2C4H10.Sn/c10-5-1-2-12(9(16)11-5)8-7(15)6(14)4(3-13)17-8;2*1-3-4-2;/h1-2,4,6-8,13H,3H2,(H2,10,11,16);2*3-4H2,1-2H3;/q-2;;;+2. The van der Waals surface area contributed by atoms with Gasteiger partial charge in [-0.2, -0.15) is 4.98 Å². The number of nitrogens with two attached hydrogens (primary N) is 1. The normalized spacial score (nSPS) is 23.8. The second-order valence-electron chi connectivity index (χ2n) is 5.72. The molecule has 1 aliphatic rings. The molecule has 8 nitrogen and oxygen atoms in total. The first kappa shape index (κ1) is 27.5. The number of unbranched alkanes of at least 4 members (excludes halogenated alkanes) is 2. The van der Waals surface area contributed by atoms with Crippen LogP contribution in [-0.4, -0.2) is 63.5 Å². The van der Waals surface area contributed by atoms with E-state index in [-0.39, 0.29) is 29.7 Å². The molecular weight excluding hydrogens is 445 g/mol. The van der Waals surface area contributed by atoms with Crippen molar-refractivity contribution in [1.29, 1.82) is 0 Å². The average Bonchev–Trinajstić information content (AvgIpc) is 2.90. The minimum Gasteiger partial charge on any atom is -0.851 e. The van der Waals surface area contributed by atoms with Crippen molar-refractivity contribution in [2.75, 3.05) is 12.3 Å². The van der Waals surface area contributed by atoms with Crippen molar-refractivity contribution in [2.45, 2.75) is 77.9 Å². The zero-order chi connectivity index (χ0) is 19.4. The fourth-order valence-electron chi connectivity index (χ4n) is 1.70. The van der Waals surface area contributed by atoms with E-state index in [1.807, 2.05) is 0 Å². The number of hydrogen-bond acceptors (Lipinski definition) is 7. The maximum atomic E-state index is 11.6. The largest absolute Gasteiger partial charge is 2.00 e. The van der Waals surface area contributed by atoms with Crippen LogP contribution in [0.4, 0.5) is 5.82 Å². The number of anilines is 1. The molecule has 1 aliphatic heterocycles. The first-order valence-electron chi connectivity index (χ1n) is 8.80. The Bertz CT molecular complexity index is 521. The van der Waals surface area contributed by atoms with Crippen LogP contribution in [0.3, 0.4) is 0 Å². The Balaban J connectivity index is 0. The van der Waals surface area contributed by atoms with E-state index in [1.165, 1.54) is 37.9 Å². The van der Waals surface area contributed by atoms with Crippen LogP contribution in [-0.2, 0) is 4.74 Å². The van der Waals surface area contributed by atoms with Gasteiger partial charge in [-0.3, -0.25) is 4.57 Å². The summed E-state index contributed by atoms with van der Waals surface area (Å²) in [6.45, 7) is 8.17. The van der Waals surface area contributed by atoms with Crippen LogP contribution >= 0.6 is 0 Å². The zero-order valence-corrected chi connectivity index (χ0v) is 18.9. The predicted octanol–water partition coefficient (Wildman–Crippen LogP) is -0.595. The minimum atomic E-state index is -1.67. The van der Waals surface area contributed by atoms with E-state index in [0.29, 0.717) is 0 Å². The molecular formula is C17H31N3O5Sn. The van der Waals surface area contributed by atoms with Crippen molar-refractivity contribution in [1.82, 2.24) is 9.55 Å². The predicted molar refractivity (Wildman–Crippen MR) is 98.4 cm³/mol. The van der Waals surface area contributed by atoms with Crippen LogP contribution < -0.4 is 21.6 Å². The third kappa shape index (κ3) is 8.81. The third-order valence-electron chi connectivity index (χ3n) is 3.59. The fraction of sp³-hybridized carbons (Fsp3) is 0.765. The summed E-state index contributed by atoms with van der Waals surface area (Å²) in [4.78, 5) is 14.9. The van der Waals surface area contributed by atoms with Gasteiger partial charge in [-0.25, -0.2) is 4.79 Å². The molecule has 1 aromatic rings. The van der Waals surface area contributed by atoms with E-state index in [4.69, 9.17) is 15.6 Å². The molecule has 0 amide bonds. The molecule has 9 heteroatoms. The van der Waals surface area contributed by atoms with Crippen molar-refractivity contribution in [3.05, 3.63) is 22.7 Å². The molecule has 4 atom stereocenters. The summed E-state index contributed by atoms with van der Waals surface area (Å²) in [6, 6.07) is 1.32. The molecule has 1 saturated heterocycles. The van der Waals surface area contributed by atoms with Gasteiger partial charge < -0.3 is 25.8 Å². The Morgan fingerprint density at radius 3 is 2.00 bits per heavy atom. The van der Waals surface area contributed by atoms with Gasteiger partial charge in [0, 0.05) is 6.20 Å². The summed E-state index contributed by atoms with van der Waals surface area (Å²) in [5, 5.41) is 31.9. The SMILES string of the molecule is CCCC.CCCC.Nc1ccn(C2OC(CO)C([O-])C2[O-])c(=O)n1.[Sn+2]. The van der Waals surface area contributed by atoms with Gasteiger partial charge in [0.2, 0.25) is 0 Å². The van der Waals surface area contributed by atoms with Gasteiger partial charge in [-0.05, 0) is 6.07 Å². The Kier molecular flexibility index (Phi) is 16.3. The van der Waals surface area contributed by atoms with Crippen molar-refractivity contribution in [3.63, 3.8) is 0 Å². The van der Waals surface area contributed by atoms with Crippen LogP contribution in [0.25, 0.3) is 0 Å². The van der Waals surface area contributed by atoms with E-state index in [2.05, 4.69) is 32.7 Å². The van der Waals surface area contributed by atoms with Gasteiger partial charge in [0.15, 0.2) is 0 Å². The summed E-state index contributed by atoms with van der Waals surface area (Å²) < 4.78 is 5.96. The van der Waals surface area contributed by atoms with E-state index >= 15 is 0 Å². The molecule has 2 radical (unpaired) electrons. The van der Waals surface area contributed by atoms with Gasteiger partial charge >= 0.3 is 29.6 Å². The summed E-state index contributed by atoms with van der Waals surface area (Å²) in [6.07, 6.45) is 0.874. The van der Waals surface area contributed by atoms with E-state index < -0.39 is 36.8 Å².